The highest BCUT2D eigenvalue weighted by atomic mass is 16.8. The Morgan fingerprint density at radius 2 is 1.83 bits per heavy atom. The Bertz CT molecular complexity index is 450. The summed E-state index contributed by atoms with van der Waals surface area (Å²) in [5.74, 6) is -1.31. The van der Waals surface area contributed by atoms with Crippen LogP contribution in [0.15, 0.2) is 12.7 Å². The summed E-state index contributed by atoms with van der Waals surface area (Å²) in [6, 6.07) is 0. The van der Waals surface area contributed by atoms with Crippen LogP contribution in [0.1, 0.15) is 27.7 Å². The molecule has 7 nitrogen and oxygen atoms in total. The lowest BCUT2D eigenvalue weighted by molar-refractivity contribution is -0.236. The van der Waals surface area contributed by atoms with E-state index >= 15 is 0 Å². The van der Waals surface area contributed by atoms with Crippen LogP contribution in [-0.2, 0) is 33.2 Å². The van der Waals surface area contributed by atoms with Gasteiger partial charge in [-0.2, -0.15) is 0 Å². The molecule has 0 N–H and O–H groups in total. The number of fused-ring (bicyclic) bond motifs is 1. The van der Waals surface area contributed by atoms with E-state index < -0.39 is 17.9 Å². The van der Waals surface area contributed by atoms with Gasteiger partial charge in [-0.3, -0.25) is 0 Å². The van der Waals surface area contributed by atoms with Crippen LogP contribution in [0.3, 0.4) is 0 Å². The van der Waals surface area contributed by atoms with E-state index in [0.717, 1.165) is 0 Å². The summed E-state index contributed by atoms with van der Waals surface area (Å²) < 4.78 is 40.9. The van der Waals surface area contributed by atoms with E-state index in [4.69, 9.17) is 33.2 Å². The van der Waals surface area contributed by atoms with Crippen molar-refractivity contribution in [2.24, 2.45) is 0 Å². The van der Waals surface area contributed by atoms with E-state index in [-0.39, 0.29) is 24.4 Å². The second-order valence-electron chi connectivity index (χ2n) is 7.14. The molecule has 0 saturated carbocycles. The van der Waals surface area contributed by atoms with Crippen molar-refractivity contribution in [1.82, 2.24) is 0 Å². The van der Waals surface area contributed by atoms with Crippen molar-refractivity contribution in [1.29, 1.82) is 0 Å². The molecule has 0 aromatic heterocycles. The maximum absolute atomic E-state index is 6.05. The maximum Gasteiger partial charge on any atom is 0.190 e. The van der Waals surface area contributed by atoms with Gasteiger partial charge >= 0.3 is 0 Å². The predicted molar refractivity (Wildman–Crippen MR) is 84.4 cm³/mol. The highest BCUT2D eigenvalue weighted by Crippen LogP contribution is 2.41. The Morgan fingerprint density at radius 3 is 2.50 bits per heavy atom. The second kappa shape index (κ2) is 6.99. The van der Waals surface area contributed by atoms with Crippen LogP contribution in [-0.4, -0.2) is 68.7 Å². The first-order chi connectivity index (χ1) is 11.3. The first-order valence-electron chi connectivity index (χ1n) is 8.44. The summed E-state index contributed by atoms with van der Waals surface area (Å²) in [5.41, 5.74) is 0. The zero-order valence-corrected chi connectivity index (χ0v) is 14.9. The molecule has 3 rings (SSSR count). The summed E-state index contributed by atoms with van der Waals surface area (Å²) in [7, 11) is 0. The molecular weight excluding hydrogens is 316 g/mol. The quantitative estimate of drug-likeness (QED) is 0.513. The molecule has 0 unspecified atom stereocenters. The Morgan fingerprint density at radius 1 is 1.04 bits per heavy atom. The zero-order chi connectivity index (χ0) is 17.4. The third-order valence-electron chi connectivity index (χ3n) is 4.20. The van der Waals surface area contributed by atoms with Gasteiger partial charge < -0.3 is 33.2 Å². The summed E-state index contributed by atoms with van der Waals surface area (Å²) in [6.45, 7) is 13.0. The van der Waals surface area contributed by atoms with Gasteiger partial charge in [0.1, 0.15) is 24.4 Å². The van der Waals surface area contributed by atoms with Crippen molar-refractivity contribution in [3.8, 4) is 0 Å². The van der Waals surface area contributed by atoms with Gasteiger partial charge in [-0.25, -0.2) is 0 Å². The van der Waals surface area contributed by atoms with Crippen LogP contribution in [0.2, 0.25) is 0 Å². The van der Waals surface area contributed by atoms with Gasteiger partial charge in [-0.1, -0.05) is 6.08 Å². The van der Waals surface area contributed by atoms with Crippen molar-refractivity contribution in [3.05, 3.63) is 12.7 Å². The smallest absolute Gasteiger partial charge is 0.190 e. The highest BCUT2D eigenvalue weighted by Gasteiger charge is 2.58. The normalized spacial score (nSPS) is 39.9. The molecule has 0 amide bonds. The number of hydrogen-bond donors (Lipinski definition) is 0. The first kappa shape index (κ1) is 18.3. The van der Waals surface area contributed by atoms with Crippen LogP contribution in [0.4, 0.5) is 0 Å². The molecule has 7 heteroatoms. The highest BCUT2D eigenvalue weighted by molar-refractivity contribution is 4.98. The first-order valence-corrected chi connectivity index (χ1v) is 8.44. The SMILES string of the molecule is C=CCOCCO[C@@H]1[C@H]2OC(C)(C)O[C@H]2O[C@@H]1[C@H]1COC(C)(C)O1. The molecule has 3 heterocycles. The lowest BCUT2D eigenvalue weighted by Crippen LogP contribution is -2.44. The van der Waals surface area contributed by atoms with Crippen molar-refractivity contribution in [3.63, 3.8) is 0 Å². The van der Waals surface area contributed by atoms with Gasteiger partial charge in [0, 0.05) is 0 Å². The van der Waals surface area contributed by atoms with Crippen LogP contribution < -0.4 is 0 Å². The van der Waals surface area contributed by atoms with E-state index in [1.54, 1.807) is 6.08 Å². The van der Waals surface area contributed by atoms with Crippen LogP contribution in [0.25, 0.3) is 0 Å². The monoisotopic (exact) mass is 344 g/mol. The molecule has 0 aliphatic carbocycles. The van der Waals surface area contributed by atoms with Gasteiger partial charge in [0.2, 0.25) is 0 Å². The third kappa shape index (κ3) is 3.99. The Balaban J connectivity index is 1.63. The van der Waals surface area contributed by atoms with E-state index in [1.807, 2.05) is 27.7 Å². The van der Waals surface area contributed by atoms with E-state index in [2.05, 4.69) is 6.58 Å². The minimum atomic E-state index is -0.687. The zero-order valence-electron chi connectivity index (χ0n) is 14.9. The van der Waals surface area contributed by atoms with Crippen molar-refractivity contribution in [2.45, 2.75) is 70.0 Å². The predicted octanol–water partition coefficient (Wildman–Crippen LogP) is 1.60. The molecule has 24 heavy (non-hydrogen) atoms. The topological polar surface area (TPSA) is 64.6 Å². The molecule has 3 aliphatic rings. The molecular formula is C17H28O7. The average molecular weight is 344 g/mol. The fourth-order valence-corrected chi connectivity index (χ4v) is 3.28. The van der Waals surface area contributed by atoms with Crippen molar-refractivity contribution < 1.29 is 33.2 Å². The second-order valence-corrected chi connectivity index (χ2v) is 7.14. The van der Waals surface area contributed by atoms with Gasteiger partial charge in [0.25, 0.3) is 0 Å². The Labute approximate surface area is 143 Å². The fourth-order valence-electron chi connectivity index (χ4n) is 3.28. The third-order valence-corrected chi connectivity index (χ3v) is 4.20. The van der Waals surface area contributed by atoms with Crippen molar-refractivity contribution >= 4 is 0 Å². The number of rotatable bonds is 7. The Hall–Kier alpha value is -0.540. The minimum absolute atomic E-state index is 0.222. The number of ether oxygens (including phenoxy) is 7. The lowest BCUT2D eigenvalue weighted by Gasteiger charge is -2.29. The van der Waals surface area contributed by atoms with Crippen LogP contribution in [0.5, 0.6) is 0 Å². The molecule has 138 valence electrons. The maximum atomic E-state index is 6.05. The number of hydrogen-bond acceptors (Lipinski definition) is 7. The van der Waals surface area contributed by atoms with Gasteiger partial charge in [0.15, 0.2) is 17.9 Å². The fraction of sp³-hybridized carbons (Fsp3) is 0.882. The van der Waals surface area contributed by atoms with E-state index in [0.29, 0.717) is 26.4 Å². The minimum Gasteiger partial charge on any atom is -0.375 e. The average Bonchev–Trinajstić information content (AvgIpc) is 3.09. The summed E-state index contributed by atoms with van der Waals surface area (Å²) in [4.78, 5) is 0. The molecule has 0 spiro atoms. The molecule has 3 fully saturated rings. The standard InChI is InChI=1S/C17H28O7/c1-6-7-18-8-9-19-13-12(11-10-20-16(2,3)22-11)21-15-14(13)23-17(4,5)24-15/h6,11-15H,1,7-10H2,2-5H3/t11-,12-,13+,14-,15-/m1/s1. The summed E-state index contributed by atoms with van der Waals surface area (Å²) in [6.07, 6.45) is 0.122. The van der Waals surface area contributed by atoms with Gasteiger partial charge in [-0.15, -0.1) is 6.58 Å². The summed E-state index contributed by atoms with van der Waals surface area (Å²) in [5, 5.41) is 0. The summed E-state index contributed by atoms with van der Waals surface area (Å²) >= 11 is 0. The van der Waals surface area contributed by atoms with Crippen LogP contribution >= 0.6 is 0 Å². The van der Waals surface area contributed by atoms with E-state index in [1.165, 1.54) is 0 Å². The van der Waals surface area contributed by atoms with Crippen LogP contribution in [0, 0.1) is 0 Å². The molecule has 0 aromatic rings. The molecule has 5 atom stereocenters. The van der Waals surface area contributed by atoms with Gasteiger partial charge in [-0.05, 0) is 27.7 Å². The lowest BCUT2D eigenvalue weighted by atomic mass is 10.1. The van der Waals surface area contributed by atoms with E-state index in [9.17, 15) is 0 Å². The van der Waals surface area contributed by atoms with Crippen molar-refractivity contribution in [2.75, 3.05) is 26.4 Å². The largest absolute Gasteiger partial charge is 0.375 e. The van der Waals surface area contributed by atoms with Gasteiger partial charge in [0.05, 0.1) is 26.4 Å². The molecule has 3 saturated heterocycles. The molecule has 0 radical (unpaired) electrons. The molecule has 0 aromatic carbocycles. The molecule has 3 aliphatic heterocycles. The Kier molecular flexibility index (Phi) is 5.32. The molecule has 0 bridgehead atoms.